The molecule has 0 saturated heterocycles. The molecule has 3 heteroatoms. The summed E-state index contributed by atoms with van der Waals surface area (Å²) in [7, 11) is 0. The smallest absolute Gasteiger partial charge is 0.151 e. The first-order valence-electron chi connectivity index (χ1n) is 5.45. The van der Waals surface area contributed by atoms with Gasteiger partial charge >= 0.3 is 0 Å². The Bertz CT molecular complexity index is 584. The number of halogens is 1. The highest BCUT2D eigenvalue weighted by molar-refractivity contribution is 6.31. The molecule has 0 spiro atoms. The quantitative estimate of drug-likeness (QED) is 0.739. The van der Waals surface area contributed by atoms with Crippen molar-refractivity contribution in [2.45, 2.75) is 20.8 Å². The Hall–Kier alpha value is -1.54. The standard InChI is InChI=1S/C14H14ClNO/c1-9-6-13(4-5-14(9)15)16-10(2)7-12(8-17)11(16)3/h4-8H,1-3H3. The van der Waals surface area contributed by atoms with Gasteiger partial charge in [0.15, 0.2) is 6.29 Å². The van der Waals surface area contributed by atoms with Crippen molar-refractivity contribution in [3.8, 4) is 5.69 Å². The summed E-state index contributed by atoms with van der Waals surface area (Å²) in [5.74, 6) is 0. The van der Waals surface area contributed by atoms with Gasteiger partial charge in [0.25, 0.3) is 0 Å². The molecular formula is C14H14ClNO. The lowest BCUT2D eigenvalue weighted by molar-refractivity contribution is 0.112. The second kappa shape index (κ2) is 4.38. The zero-order chi connectivity index (χ0) is 12.6. The summed E-state index contributed by atoms with van der Waals surface area (Å²) < 4.78 is 2.06. The molecule has 0 aliphatic rings. The van der Waals surface area contributed by atoms with Crippen LogP contribution < -0.4 is 0 Å². The van der Waals surface area contributed by atoms with Gasteiger partial charge < -0.3 is 4.57 Å². The minimum atomic E-state index is 0.732. The topological polar surface area (TPSA) is 22.0 Å². The van der Waals surface area contributed by atoms with Gasteiger partial charge in [-0.05, 0) is 50.6 Å². The largest absolute Gasteiger partial charge is 0.318 e. The van der Waals surface area contributed by atoms with Crippen molar-refractivity contribution in [1.82, 2.24) is 4.57 Å². The van der Waals surface area contributed by atoms with Crippen LogP contribution in [-0.2, 0) is 0 Å². The van der Waals surface area contributed by atoms with E-state index in [-0.39, 0.29) is 0 Å². The van der Waals surface area contributed by atoms with Crippen LogP contribution in [0.5, 0.6) is 0 Å². The third kappa shape index (κ3) is 2.01. The molecule has 0 N–H and O–H groups in total. The third-order valence-corrected chi connectivity index (χ3v) is 3.42. The number of hydrogen-bond donors (Lipinski definition) is 0. The molecule has 2 aromatic rings. The Morgan fingerprint density at radius 3 is 2.41 bits per heavy atom. The molecule has 0 unspecified atom stereocenters. The lowest BCUT2D eigenvalue weighted by Crippen LogP contribution is -2.00. The lowest BCUT2D eigenvalue weighted by Gasteiger charge is -2.11. The van der Waals surface area contributed by atoms with Gasteiger partial charge in [-0.3, -0.25) is 4.79 Å². The molecule has 1 heterocycles. The van der Waals surface area contributed by atoms with E-state index in [1.807, 2.05) is 45.0 Å². The Morgan fingerprint density at radius 2 is 1.88 bits per heavy atom. The van der Waals surface area contributed by atoms with Crippen molar-refractivity contribution >= 4 is 17.9 Å². The molecule has 17 heavy (non-hydrogen) atoms. The second-order valence-corrected chi connectivity index (χ2v) is 4.62. The van der Waals surface area contributed by atoms with E-state index in [9.17, 15) is 4.79 Å². The van der Waals surface area contributed by atoms with Crippen molar-refractivity contribution < 1.29 is 4.79 Å². The maximum atomic E-state index is 10.9. The van der Waals surface area contributed by atoms with Crippen LogP contribution in [0.1, 0.15) is 27.3 Å². The third-order valence-electron chi connectivity index (χ3n) is 3.00. The highest BCUT2D eigenvalue weighted by Gasteiger charge is 2.10. The molecule has 0 bridgehead atoms. The Morgan fingerprint density at radius 1 is 1.18 bits per heavy atom. The number of aldehydes is 1. The lowest BCUT2D eigenvalue weighted by atomic mass is 10.2. The highest BCUT2D eigenvalue weighted by Crippen LogP contribution is 2.23. The molecule has 2 nitrogen and oxygen atoms in total. The summed E-state index contributed by atoms with van der Waals surface area (Å²) in [6.45, 7) is 5.91. The van der Waals surface area contributed by atoms with Crippen molar-refractivity contribution in [2.75, 3.05) is 0 Å². The van der Waals surface area contributed by atoms with Gasteiger partial charge in [-0.1, -0.05) is 11.6 Å². The average Bonchev–Trinajstić information content (AvgIpc) is 2.58. The first-order valence-corrected chi connectivity index (χ1v) is 5.83. The van der Waals surface area contributed by atoms with E-state index in [0.717, 1.165) is 39.5 Å². The zero-order valence-electron chi connectivity index (χ0n) is 10.1. The molecule has 88 valence electrons. The number of carbonyl (C=O) groups excluding carboxylic acids is 1. The molecule has 0 atom stereocenters. The van der Waals surface area contributed by atoms with E-state index in [1.165, 1.54) is 0 Å². The van der Waals surface area contributed by atoms with Crippen molar-refractivity contribution in [2.24, 2.45) is 0 Å². The summed E-state index contributed by atoms with van der Waals surface area (Å²) in [5, 5.41) is 0.756. The van der Waals surface area contributed by atoms with Gasteiger partial charge in [0.1, 0.15) is 0 Å². The molecule has 1 aromatic heterocycles. The summed E-state index contributed by atoms with van der Waals surface area (Å²) >= 11 is 6.01. The fourth-order valence-electron chi connectivity index (χ4n) is 2.07. The van der Waals surface area contributed by atoms with Gasteiger partial charge in [0.05, 0.1) is 0 Å². The van der Waals surface area contributed by atoms with E-state index >= 15 is 0 Å². The molecule has 1 aromatic carbocycles. The molecule has 0 fully saturated rings. The fourth-order valence-corrected chi connectivity index (χ4v) is 2.19. The van der Waals surface area contributed by atoms with Crippen molar-refractivity contribution in [3.63, 3.8) is 0 Å². The molecule has 0 saturated carbocycles. The number of hydrogen-bond acceptors (Lipinski definition) is 1. The first-order chi connectivity index (χ1) is 8.04. The van der Waals surface area contributed by atoms with Gasteiger partial charge in [-0.25, -0.2) is 0 Å². The van der Waals surface area contributed by atoms with Crippen LogP contribution in [0.4, 0.5) is 0 Å². The number of aromatic nitrogens is 1. The Kier molecular flexibility index (Phi) is 3.07. The molecule has 0 radical (unpaired) electrons. The summed E-state index contributed by atoms with van der Waals surface area (Å²) in [6, 6.07) is 7.76. The van der Waals surface area contributed by atoms with Crippen LogP contribution in [0.2, 0.25) is 5.02 Å². The number of rotatable bonds is 2. The number of carbonyl (C=O) groups is 1. The van der Waals surface area contributed by atoms with Crippen molar-refractivity contribution in [3.05, 3.63) is 51.8 Å². The van der Waals surface area contributed by atoms with Crippen LogP contribution in [0.15, 0.2) is 24.3 Å². The fraction of sp³-hybridized carbons (Fsp3) is 0.214. The van der Waals surface area contributed by atoms with Crippen LogP contribution in [0.3, 0.4) is 0 Å². The van der Waals surface area contributed by atoms with Crippen LogP contribution >= 0.6 is 11.6 Å². The minimum absolute atomic E-state index is 0.732. The van der Waals surface area contributed by atoms with Gasteiger partial charge in [-0.15, -0.1) is 0 Å². The van der Waals surface area contributed by atoms with Crippen LogP contribution in [0.25, 0.3) is 5.69 Å². The highest BCUT2D eigenvalue weighted by atomic mass is 35.5. The van der Waals surface area contributed by atoms with E-state index in [1.54, 1.807) is 0 Å². The van der Waals surface area contributed by atoms with E-state index in [4.69, 9.17) is 11.6 Å². The van der Waals surface area contributed by atoms with Crippen molar-refractivity contribution in [1.29, 1.82) is 0 Å². The predicted octanol–water partition coefficient (Wildman–Crippen LogP) is 3.87. The summed E-state index contributed by atoms with van der Waals surface area (Å²) in [4.78, 5) is 10.9. The Labute approximate surface area is 106 Å². The monoisotopic (exact) mass is 247 g/mol. The summed E-state index contributed by atoms with van der Waals surface area (Å²) in [6.07, 6.45) is 0.890. The average molecular weight is 248 g/mol. The molecule has 2 rings (SSSR count). The second-order valence-electron chi connectivity index (χ2n) is 4.21. The van der Waals surface area contributed by atoms with Gasteiger partial charge in [0.2, 0.25) is 0 Å². The van der Waals surface area contributed by atoms with E-state index in [0.29, 0.717) is 0 Å². The van der Waals surface area contributed by atoms with E-state index < -0.39 is 0 Å². The number of nitrogens with zero attached hydrogens (tertiary/aromatic N) is 1. The first kappa shape index (κ1) is 11.9. The minimum Gasteiger partial charge on any atom is -0.318 e. The van der Waals surface area contributed by atoms with E-state index in [2.05, 4.69) is 4.57 Å². The normalized spacial score (nSPS) is 10.6. The Balaban J connectivity index is 2.63. The molecule has 0 aliphatic carbocycles. The molecular weight excluding hydrogens is 234 g/mol. The molecule has 0 aliphatic heterocycles. The maximum absolute atomic E-state index is 10.9. The van der Waals surface area contributed by atoms with Gasteiger partial charge in [-0.2, -0.15) is 0 Å². The SMILES string of the molecule is Cc1cc(-n2c(C)cc(C=O)c2C)ccc1Cl. The van der Waals surface area contributed by atoms with Crippen LogP contribution in [-0.4, -0.2) is 10.9 Å². The maximum Gasteiger partial charge on any atom is 0.151 e. The molecule has 0 amide bonds. The predicted molar refractivity (Wildman–Crippen MR) is 70.4 cm³/mol. The summed E-state index contributed by atoms with van der Waals surface area (Å²) in [5.41, 5.74) is 4.81. The number of aryl methyl sites for hydroxylation is 2. The number of benzene rings is 1. The van der Waals surface area contributed by atoms with Gasteiger partial charge in [0, 0.05) is 27.7 Å². The van der Waals surface area contributed by atoms with Crippen LogP contribution in [0, 0.1) is 20.8 Å². The zero-order valence-corrected chi connectivity index (χ0v) is 10.9.